The minimum atomic E-state index is -0.576. The van der Waals surface area contributed by atoms with Gasteiger partial charge in [-0.1, -0.05) is 0 Å². The van der Waals surface area contributed by atoms with Crippen LogP contribution in [-0.2, 0) is 4.74 Å². The molecule has 0 aliphatic heterocycles. The molecule has 0 saturated heterocycles. The summed E-state index contributed by atoms with van der Waals surface area (Å²) in [5.74, 6) is 0. The average Bonchev–Trinajstić information content (AvgIpc) is 2.00. The number of nitrogens with zero attached hydrogens (tertiary/aromatic N) is 1. The van der Waals surface area contributed by atoms with E-state index in [4.69, 9.17) is 4.74 Å². The maximum atomic E-state index is 11.5. The van der Waals surface area contributed by atoms with Crippen molar-refractivity contribution in [3.8, 4) is 0 Å². The summed E-state index contributed by atoms with van der Waals surface area (Å²) in [6.07, 6.45) is -0.995. The van der Waals surface area contributed by atoms with Gasteiger partial charge in [-0.3, -0.25) is 0 Å². The lowest BCUT2D eigenvalue weighted by Gasteiger charge is -2.26. The Morgan fingerprint density at radius 1 is 1.53 bits per heavy atom. The maximum Gasteiger partial charge on any atom is 0.410 e. The molecule has 5 nitrogen and oxygen atoms in total. The highest BCUT2D eigenvalue weighted by molar-refractivity contribution is 5.67. The lowest BCUT2D eigenvalue weighted by Crippen LogP contribution is -2.41. The predicted octanol–water partition coefficient (Wildman–Crippen LogP) is 0.434. The zero-order valence-corrected chi connectivity index (χ0v) is 10.2. The summed E-state index contributed by atoms with van der Waals surface area (Å²) >= 11 is 0. The minimum Gasteiger partial charge on any atom is -0.444 e. The van der Waals surface area contributed by atoms with E-state index in [0.29, 0.717) is 6.54 Å². The highest BCUT2D eigenvalue weighted by Gasteiger charge is 2.20. The molecule has 0 aliphatic carbocycles. The number of amides is 1. The third-order valence-corrected chi connectivity index (χ3v) is 1.63. The number of carbonyl (C=O) groups excluding carboxylic acids is 1. The minimum absolute atomic E-state index is 0.260. The molecule has 90 valence electrons. The van der Waals surface area contributed by atoms with Gasteiger partial charge in [0.2, 0.25) is 0 Å². The molecule has 2 N–H and O–H groups in total. The van der Waals surface area contributed by atoms with Gasteiger partial charge in [0.1, 0.15) is 5.60 Å². The second-order valence-corrected chi connectivity index (χ2v) is 4.57. The fraction of sp³-hybridized carbons (Fsp3) is 0.900. The monoisotopic (exact) mass is 218 g/mol. The van der Waals surface area contributed by atoms with E-state index in [0.717, 1.165) is 0 Å². The zero-order valence-electron chi connectivity index (χ0n) is 10.2. The molecule has 5 heteroatoms. The van der Waals surface area contributed by atoms with Crippen LogP contribution < -0.4 is 5.32 Å². The van der Waals surface area contributed by atoms with Crippen LogP contribution in [0, 0.1) is 0 Å². The molecule has 1 atom stereocenters. The van der Waals surface area contributed by atoms with Gasteiger partial charge in [-0.25, -0.2) is 4.79 Å². The highest BCUT2D eigenvalue weighted by Crippen LogP contribution is 2.09. The first-order chi connectivity index (χ1) is 6.76. The molecule has 0 radical (unpaired) electrons. The van der Waals surface area contributed by atoms with E-state index < -0.39 is 17.8 Å². The van der Waals surface area contributed by atoms with Crippen LogP contribution in [0.2, 0.25) is 0 Å². The van der Waals surface area contributed by atoms with E-state index in [9.17, 15) is 9.90 Å². The number of carbonyl (C=O) groups is 1. The number of likely N-dealkylation sites (N-methyl/N-ethyl adjacent to an activating group) is 2. The third kappa shape index (κ3) is 7.16. The fourth-order valence-corrected chi connectivity index (χ4v) is 1.03. The lowest BCUT2D eigenvalue weighted by molar-refractivity contribution is 0.0209. The molecular formula is C10H22N2O3. The Morgan fingerprint density at radius 2 is 2.07 bits per heavy atom. The standard InChI is InChI=1S/C10H22N2O3/c1-10(2,3)15-9(14)12(5)7-8(13)6-11-4/h8,11,13H,6-7H2,1-5H3/t8-/m0/s1. The number of rotatable bonds is 4. The summed E-state index contributed by atoms with van der Waals surface area (Å²) in [6, 6.07) is 0. The van der Waals surface area contributed by atoms with E-state index in [-0.39, 0.29) is 6.54 Å². The van der Waals surface area contributed by atoms with Crippen molar-refractivity contribution >= 4 is 6.09 Å². The normalized spacial score (nSPS) is 13.5. The Kier molecular flexibility index (Phi) is 5.60. The van der Waals surface area contributed by atoms with Crippen molar-refractivity contribution in [1.29, 1.82) is 0 Å². The van der Waals surface area contributed by atoms with Crippen LogP contribution >= 0.6 is 0 Å². The van der Waals surface area contributed by atoms with Crippen molar-refractivity contribution in [3.63, 3.8) is 0 Å². The molecule has 0 unspecified atom stereocenters. The fourth-order valence-electron chi connectivity index (χ4n) is 1.03. The molecular weight excluding hydrogens is 196 g/mol. The number of hydrogen-bond acceptors (Lipinski definition) is 4. The van der Waals surface area contributed by atoms with E-state index in [1.165, 1.54) is 4.90 Å². The smallest absolute Gasteiger partial charge is 0.410 e. The molecule has 0 aliphatic rings. The topological polar surface area (TPSA) is 61.8 Å². The first kappa shape index (κ1) is 14.2. The Bertz CT molecular complexity index is 201. The van der Waals surface area contributed by atoms with Gasteiger partial charge in [0.15, 0.2) is 0 Å². The summed E-state index contributed by atoms with van der Waals surface area (Å²) < 4.78 is 5.13. The Balaban J connectivity index is 3.99. The average molecular weight is 218 g/mol. The highest BCUT2D eigenvalue weighted by atomic mass is 16.6. The van der Waals surface area contributed by atoms with Crippen molar-refractivity contribution in [2.75, 3.05) is 27.2 Å². The van der Waals surface area contributed by atoms with Gasteiger partial charge >= 0.3 is 6.09 Å². The van der Waals surface area contributed by atoms with Crippen LogP contribution in [0.3, 0.4) is 0 Å². The third-order valence-electron chi connectivity index (χ3n) is 1.63. The van der Waals surface area contributed by atoms with Gasteiger partial charge in [-0.2, -0.15) is 0 Å². The number of ether oxygens (including phenoxy) is 1. The van der Waals surface area contributed by atoms with Crippen LogP contribution in [0.4, 0.5) is 4.79 Å². The van der Waals surface area contributed by atoms with Crippen LogP contribution in [0.5, 0.6) is 0 Å². The van der Waals surface area contributed by atoms with Gasteiger partial charge in [0, 0.05) is 13.6 Å². The predicted molar refractivity (Wildman–Crippen MR) is 58.8 cm³/mol. The molecule has 0 rings (SSSR count). The van der Waals surface area contributed by atoms with Gasteiger partial charge in [0.05, 0.1) is 12.6 Å². The van der Waals surface area contributed by atoms with Crippen molar-refractivity contribution < 1.29 is 14.6 Å². The number of nitrogens with one attached hydrogen (secondary N) is 1. The van der Waals surface area contributed by atoms with Crippen molar-refractivity contribution in [2.45, 2.75) is 32.5 Å². The second kappa shape index (κ2) is 5.92. The molecule has 15 heavy (non-hydrogen) atoms. The first-order valence-corrected chi connectivity index (χ1v) is 5.03. The van der Waals surface area contributed by atoms with E-state index in [1.54, 1.807) is 14.1 Å². The van der Waals surface area contributed by atoms with Crippen molar-refractivity contribution in [2.24, 2.45) is 0 Å². The van der Waals surface area contributed by atoms with Crippen LogP contribution in [0.15, 0.2) is 0 Å². The van der Waals surface area contributed by atoms with Crippen LogP contribution in [0.1, 0.15) is 20.8 Å². The summed E-state index contributed by atoms with van der Waals surface area (Å²) in [5.41, 5.74) is -0.501. The summed E-state index contributed by atoms with van der Waals surface area (Å²) in [4.78, 5) is 12.8. The lowest BCUT2D eigenvalue weighted by atomic mass is 10.2. The Morgan fingerprint density at radius 3 is 2.47 bits per heavy atom. The quantitative estimate of drug-likeness (QED) is 0.718. The van der Waals surface area contributed by atoms with Gasteiger partial charge < -0.3 is 20.1 Å². The summed E-state index contributed by atoms with van der Waals surface area (Å²) in [6.45, 7) is 6.14. The molecule has 0 saturated carbocycles. The van der Waals surface area contributed by atoms with Crippen molar-refractivity contribution in [3.05, 3.63) is 0 Å². The van der Waals surface area contributed by atoms with Crippen molar-refractivity contribution in [1.82, 2.24) is 10.2 Å². The molecule has 0 heterocycles. The maximum absolute atomic E-state index is 11.5. The SMILES string of the molecule is CNC[C@H](O)CN(C)C(=O)OC(C)(C)C. The molecule has 0 aromatic rings. The van der Waals surface area contributed by atoms with Gasteiger partial charge in [-0.15, -0.1) is 0 Å². The molecule has 0 fully saturated rings. The first-order valence-electron chi connectivity index (χ1n) is 5.03. The van der Waals surface area contributed by atoms with E-state index >= 15 is 0 Å². The number of aliphatic hydroxyl groups excluding tert-OH is 1. The zero-order chi connectivity index (χ0) is 12.1. The van der Waals surface area contributed by atoms with E-state index in [1.807, 2.05) is 20.8 Å². The largest absolute Gasteiger partial charge is 0.444 e. The Hall–Kier alpha value is -0.810. The van der Waals surface area contributed by atoms with Gasteiger partial charge in [-0.05, 0) is 27.8 Å². The molecule has 0 spiro atoms. The Labute approximate surface area is 91.4 Å². The molecule has 0 aromatic carbocycles. The molecule has 0 bridgehead atoms. The number of hydrogen-bond donors (Lipinski definition) is 2. The van der Waals surface area contributed by atoms with Crippen LogP contribution in [0.25, 0.3) is 0 Å². The molecule has 1 amide bonds. The van der Waals surface area contributed by atoms with Gasteiger partial charge in [0.25, 0.3) is 0 Å². The van der Waals surface area contributed by atoms with Crippen LogP contribution in [-0.4, -0.2) is 55.0 Å². The summed E-state index contributed by atoms with van der Waals surface area (Å²) in [7, 11) is 3.35. The number of aliphatic hydroxyl groups is 1. The van der Waals surface area contributed by atoms with E-state index in [2.05, 4.69) is 5.32 Å². The summed E-state index contributed by atoms with van der Waals surface area (Å²) in [5, 5.41) is 12.3. The second-order valence-electron chi connectivity index (χ2n) is 4.57. The molecule has 0 aromatic heterocycles.